The normalized spacial score (nSPS) is 13.9. The van der Waals surface area contributed by atoms with Gasteiger partial charge in [0.15, 0.2) is 12.2 Å². The highest BCUT2D eigenvalue weighted by Crippen LogP contribution is 2.45. The Bertz CT molecular complexity index is 2070. The predicted molar refractivity (Wildman–Crippen MR) is 428 cm³/mol. The van der Waals surface area contributed by atoms with E-state index in [-0.39, 0.29) is 25.7 Å². The first-order chi connectivity index (χ1) is 50.5. The number of phosphoric acid groups is 2. The lowest BCUT2D eigenvalue weighted by Gasteiger charge is -2.21. The summed E-state index contributed by atoms with van der Waals surface area (Å²) in [6.07, 6.45) is 73.3. The van der Waals surface area contributed by atoms with Crippen molar-refractivity contribution in [2.75, 3.05) is 39.6 Å². The number of allylic oxidation sites excluding steroid dienone is 4. The van der Waals surface area contributed by atoms with Crippen molar-refractivity contribution >= 4 is 39.5 Å². The topological polar surface area (TPSA) is 237 Å². The van der Waals surface area contributed by atoms with Crippen LogP contribution in [-0.2, 0) is 65.4 Å². The first-order valence-electron chi connectivity index (χ1n) is 43.5. The quantitative estimate of drug-likeness (QED) is 0.0169. The molecule has 5 atom stereocenters. The molecule has 0 radical (unpaired) electrons. The molecule has 19 heteroatoms. The van der Waals surface area contributed by atoms with Gasteiger partial charge in [0.1, 0.15) is 19.3 Å². The minimum absolute atomic E-state index is 0.0851. The molecule has 104 heavy (non-hydrogen) atoms. The average molecular weight is 1520 g/mol. The molecule has 3 N–H and O–H groups in total. The molecular formula is C85H162O17P2. The number of carbonyl (C=O) groups is 4. The van der Waals surface area contributed by atoms with Crippen LogP contribution in [0.25, 0.3) is 0 Å². The van der Waals surface area contributed by atoms with Gasteiger partial charge in [0.2, 0.25) is 0 Å². The molecule has 0 amide bonds. The summed E-state index contributed by atoms with van der Waals surface area (Å²) in [6.45, 7) is 7.27. The molecular weight excluding hydrogens is 1350 g/mol. The maximum Gasteiger partial charge on any atom is 0.472 e. The molecule has 0 spiro atoms. The Morgan fingerprint density at radius 2 is 0.519 bits per heavy atom. The summed E-state index contributed by atoms with van der Waals surface area (Å²) in [5.41, 5.74) is 0. The van der Waals surface area contributed by atoms with Crippen LogP contribution in [0.1, 0.15) is 433 Å². The smallest absolute Gasteiger partial charge is 0.462 e. The van der Waals surface area contributed by atoms with E-state index in [1.807, 2.05) is 0 Å². The monoisotopic (exact) mass is 1520 g/mol. The predicted octanol–water partition coefficient (Wildman–Crippen LogP) is 25.5. The van der Waals surface area contributed by atoms with E-state index in [0.717, 1.165) is 121 Å². The van der Waals surface area contributed by atoms with E-state index in [0.29, 0.717) is 25.7 Å². The maximum atomic E-state index is 13.1. The molecule has 0 rings (SSSR count). The fraction of sp³-hybridized carbons (Fsp3) is 0.906. The summed E-state index contributed by atoms with van der Waals surface area (Å²) >= 11 is 0. The van der Waals surface area contributed by atoms with Gasteiger partial charge in [0, 0.05) is 25.7 Å². The zero-order valence-corrected chi connectivity index (χ0v) is 69.4. The van der Waals surface area contributed by atoms with Gasteiger partial charge in [0.05, 0.1) is 26.4 Å². The average Bonchev–Trinajstić information content (AvgIpc) is 0.904. The number of hydrogen-bond donors (Lipinski definition) is 3. The first kappa shape index (κ1) is 102. The van der Waals surface area contributed by atoms with Crippen LogP contribution in [0, 0.1) is 5.92 Å². The van der Waals surface area contributed by atoms with Crippen LogP contribution in [0.3, 0.4) is 0 Å². The summed E-state index contributed by atoms with van der Waals surface area (Å²) in [7, 11) is -9.93. The lowest BCUT2D eigenvalue weighted by Crippen LogP contribution is -2.30. The molecule has 614 valence electrons. The molecule has 0 aliphatic carbocycles. The second-order valence-corrected chi connectivity index (χ2v) is 33.3. The second kappa shape index (κ2) is 77.3. The lowest BCUT2D eigenvalue weighted by molar-refractivity contribution is -0.161. The number of aliphatic hydroxyl groups is 1. The van der Waals surface area contributed by atoms with E-state index in [4.69, 9.17) is 37.0 Å². The SMILES string of the molecule is CCCCCC/C=C\C=C/CCCCCCCC(=O)O[C@H](COC(=O)CCCCCCCCC)COP(=O)(O)OC[C@H](O)COP(=O)(O)OC[C@@H](COC(=O)CCCCCCCCCCCCCCCCCCCCCCC)OC(=O)CCCCCCCCCCCCCCCCCCCCC(C)C. The Morgan fingerprint density at radius 1 is 0.298 bits per heavy atom. The van der Waals surface area contributed by atoms with Crippen molar-refractivity contribution in [2.45, 2.75) is 451 Å². The van der Waals surface area contributed by atoms with Gasteiger partial charge in [-0.2, -0.15) is 0 Å². The Labute approximate surface area is 637 Å². The molecule has 0 aromatic heterocycles. The van der Waals surface area contributed by atoms with Gasteiger partial charge in [-0.3, -0.25) is 37.3 Å². The molecule has 0 aliphatic heterocycles. The largest absolute Gasteiger partial charge is 0.472 e. The molecule has 0 saturated heterocycles. The van der Waals surface area contributed by atoms with Crippen LogP contribution in [0.5, 0.6) is 0 Å². The van der Waals surface area contributed by atoms with Crippen molar-refractivity contribution in [1.82, 2.24) is 0 Å². The highest BCUT2D eigenvalue weighted by atomic mass is 31.2. The van der Waals surface area contributed by atoms with Gasteiger partial charge in [-0.1, -0.05) is 380 Å². The second-order valence-electron chi connectivity index (χ2n) is 30.4. The van der Waals surface area contributed by atoms with Crippen molar-refractivity contribution < 1.29 is 80.2 Å². The molecule has 0 saturated carbocycles. The van der Waals surface area contributed by atoms with Gasteiger partial charge in [-0.25, -0.2) is 9.13 Å². The van der Waals surface area contributed by atoms with E-state index < -0.39 is 97.5 Å². The van der Waals surface area contributed by atoms with Crippen LogP contribution < -0.4 is 0 Å². The fourth-order valence-electron chi connectivity index (χ4n) is 12.8. The van der Waals surface area contributed by atoms with Crippen LogP contribution >= 0.6 is 15.6 Å². The molecule has 0 aliphatic rings. The van der Waals surface area contributed by atoms with Gasteiger partial charge in [-0.05, 0) is 57.3 Å². The van der Waals surface area contributed by atoms with E-state index in [9.17, 15) is 43.2 Å². The number of carbonyl (C=O) groups excluding carboxylic acids is 4. The molecule has 2 unspecified atom stereocenters. The molecule has 0 aromatic carbocycles. The molecule has 0 aromatic rings. The molecule has 0 fully saturated rings. The van der Waals surface area contributed by atoms with Crippen molar-refractivity contribution in [2.24, 2.45) is 5.92 Å². The van der Waals surface area contributed by atoms with E-state index >= 15 is 0 Å². The summed E-state index contributed by atoms with van der Waals surface area (Å²) < 4.78 is 68.6. The summed E-state index contributed by atoms with van der Waals surface area (Å²) in [6, 6.07) is 0. The van der Waals surface area contributed by atoms with E-state index in [2.05, 4.69) is 58.9 Å². The number of phosphoric ester groups is 2. The number of hydrogen-bond acceptors (Lipinski definition) is 15. The third-order valence-corrected chi connectivity index (χ3v) is 21.3. The Morgan fingerprint density at radius 3 is 0.788 bits per heavy atom. The molecule has 0 bridgehead atoms. The maximum absolute atomic E-state index is 13.1. The molecule has 17 nitrogen and oxygen atoms in total. The third kappa shape index (κ3) is 77.7. The van der Waals surface area contributed by atoms with Crippen LogP contribution in [0.15, 0.2) is 24.3 Å². The summed E-state index contributed by atoms with van der Waals surface area (Å²) in [5.74, 6) is -1.32. The number of rotatable bonds is 83. The Hall–Kier alpha value is -2.46. The highest BCUT2D eigenvalue weighted by Gasteiger charge is 2.30. The molecule has 0 heterocycles. The number of aliphatic hydroxyl groups excluding tert-OH is 1. The van der Waals surface area contributed by atoms with Gasteiger partial charge < -0.3 is 33.8 Å². The van der Waals surface area contributed by atoms with E-state index in [1.54, 1.807) is 0 Å². The van der Waals surface area contributed by atoms with E-state index in [1.165, 1.54) is 231 Å². The van der Waals surface area contributed by atoms with Crippen molar-refractivity contribution in [3.8, 4) is 0 Å². The van der Waals surface area contributed by atoms with Gasteiger partial charge in [0.25, 0.3) is 0 Å². The number of unbranched alkanes of at least 4 members (excludes halogenated alkanes) is 52. The van der Waals surface area contributed by atoms with Crippen LogP contribution in [0.4, 0.5) is 0 Å². The van der Waals surface area contributed by atoms with Crippen LogP contribution in [0.2, 0.25) is 0 Å². The number of esters is 4. The standard InChI is InChI=1S/C85H162O17P2/c1-6-9-12-15-18-20-22-24-26-27-28-29-30-34-38-41-45-49-54-59-64-69-83(88)96-75-81(102-85(90)71-66-61-56-51-47-43-39-35-32-31-33-37-40-44-48-53-57-62-67-78(4)5)77-100-104(93,94)98-73-79(86)72-97-103(91,92)99-76-80(74-95-82(87)68-63-58-52-17-14-11-8-3)101-84(89)70-65-60-55-50-46-42-36-25-23-21-19-16-13-10-7-2/h21,23,25,36,78-81,86H,6-20,22,24,26-35,37-77H2,1-5H3,(H,91,92)(H,93,94)/b23-21-,36-25-/t79-,80+,81+/m0/s1. The van der Waals surface area contributed by atoms with Crippen LogP contribution in [-0.4, -0.2) is 96.7 Å². The minimum Gasteiger partial charge on any atom is -0.462 e. The van der Waals surface area contributed by atoms with Crippen molar-refractivity contribution in [3.63, 3.8) is 0 Å². The highest BCUT2D eigenvalue weighted by molar-refractivity contribution is 7.47. The van der Waals surface area contributed by atoms with Crippen molar-refractivity contribution in [3.05, 3.63) is 24.3 Å². The summed E-state index contributed by atoms with van der Waals surface area (Å²) in [4.78, 5) is 73.0. The fourth-order valence-corrected chi connectivity index (χ4v) is 14.3. The van der Waals surface area contributed by atoms with Crippen molar-refractivity contribution in [1.29, 1.82) is 0 Å². The Balaban J connectivity index is 5.18. The van der Waals surface area contributed by atoms with Gasteiger partial charge >= 0.3 is 39.5 Å². The summed E-state index contributed by atoms with van der Waals surface area (Å²) in [5, 5.41) is 10.6. The number of ether oxygens (including phenoxy) is 4. The zero-order chi connectivity index (χ0) is 76.2. The Kier molecular flexibility index (Phi) is 75.4. The zero-order valence-electron chi connectivity index (χ0n) is 67.7. The van der Waals surface area contributed by atoms with Gasteiger partial charge in [-0.15, -0.1) is 0 Å². The lowest BCUT2D eigenvalue weighted by atomic mass is 10.0. The third-order valence-electron chi connectivity index (χ3n) is 19.4. The first-order valence-corrected chi connectivity index (χ1v) is 46.4. The minimum atomic E-state index is -4.97.